The van der Waals surface area contributed by atoms with E-state index >= 15 is 0 Å². The zero-order chi connectivity index (χ0) is 51.0. The lowest BCUT2D eigenvalue weighted by Crippen LogP contribution is -2.54. The molecule has 0 radical (unpaired) electrons. The first-order valence-corrected chi connectivity index (χ1v) is 24.0. The third-order valence-electron chi connectivity index (χ3n) is 11.0. The summed E-state index contributed by atoms with van der Waals surface area (Å²) in [5.41, 5.74) is 5.65. The van der Waals surface area contributed by atoms with E-state index in [1.54, 1.807) is 62.4 Å². The third-order valence-corrected chi connectivity index (χ3v) is 11.0. The van der Waals surface area contributed by atoms with Crippen molar-refractivity contribution >= 4 is 29.7 Å². The molecule has 6 atom stereocenters. The zero-order valence-corrected chi connectivity index (χ0v) is 41.3. The molecule has 380 valence electrons. The van der Waals surface area contributed by atoms with E-state index in [0.29, 0.717) is 18.4 Å². The number of amides is 2. The van der Waals surface area contributed by atoms with Crippen molar-refractivity contribution in [2.75, 3.05) is 27.2 Å². The maximum Gasteiger partial charge on any atom is 0.347 e. The van der Waals surface area contributed by atoms with Crippen molar-refractivity contribution < 1.29 is 47.7 Å². The molecular formula is C54H69N7O10. The molecule has 6 unspecified atom stereocenters. The molecule has 2 saturated heterocycles. The van der Waals surface area contributed by atoms with Crippen LogP contribution in [0.25, 0.3) is 0 Å². The Morgan fingerprint density at radius 1 is 0.845 bits per heavy atom. The second-order valence-corrected chi connectivity index (χ2v) is 17.7. The molecule has 0 saturated carbocycles. The van der Waals surface area contributed by atoms with Crippen molar-refractivity contribution in [2.45, 2.75) is 109 Å². The molecule has 6 N–H and O–H groups in total. The highest BCUT2D eigenvalue weighted by atomic mass is 16.8. The largest absolute Gasteiger partial charge is 0.465 e. The molecule has 2 amide bonds. The van der Waals surface area contributed by atoms with Crippen LogP contribution in [-0.2, 0) is 28.6 Å². The molecule has 71 heavy (non-hydrogen) atoms. The van der Waals surface area contributed by atoms with Crippen molar-refractivity contribution in [3.05, 3.63) is 151 Å². The highest BCUT2D eigenvalue weighted by Crippen LogP contribution is 2.45. The number of aromatic nitrogens is 1. The van der Waals surface area contributed by atoms with Gasteiger partial charge in [-0.25, -0.2) is 9.59 Å². The van der Waals surface area contributed by atoms with Crippen molar-refractivity contribution in [1.29, 1.82) is 0 Å². The average molecular weight is 976 g/mol. The van der Waals surface area contributed by atoms with Crippen LogP contribution in [0, 0.1) is 5.41 Å². The summed E-state index contributed by atoms with van der Waals surface area (Å²) in [6, 6.07) is 16.0. The Balaban J connectivity index is 1.15. The van der Waals surface area contributed by atoms with Crippen LogP contribution in [0.5, 0.6) is 11.5 Å². The Hall–Kier alpha value is -6.60. The molecular weight excluding hydrogens is 907 g/mol. The van der Waals surface area contributed by atoms with Crippen molar-refractivity contribution in [2.24, 2.45) is 11.1 Å². The molecule has 2 aliphatic heterocycles. The normalized spacial score (nSPS) is 18.6. The molecule has 3 heterocycles. The monoisotopic (exact) mass is 976 g/mol. The number of nitrogens with zero attached hydrogens (tertiary/aromatic N) is 2. The molecule has 1 aromatic heterocycles. The first kappa shape index (κ1) is 55.3. The number of pyridine rings is 1. The number of unbranched alkanes of at least 4 members (excludes halogenated alkanes) is 1. The molecule has 2 aliphatic rings. The first-order chi connectivity index (χ1) is 34.3. The maximum absolute atomic E-state index is 14.0. The van der Waals surface area contributed by atoms with Crippen molar-refractivity contribution in [1.82, 2.24) is 31.2 Å². The van der Waals surface area contributed by atoms with E-state index in [2.05, 4.69) is 75.7 Å². The van der Waals surface area contributed by atoms with Crippen LogP contribution >= 0.6 is 0 Å². The molecule has 0 aliphatic carbocycles. The summed E-state index contributed by atoms with van der Waals surface area (Å²) in [7, 11) is 3.84. The van der Waals surface area contributed by atoms with Gasteiger partial charge in [-0.05, 0) is 83.0 Å². The fraction of sp³-hybridized carbons (Fsp3) is 0.407. The zero-order valence-electron chi connectivity index (χ0n) is 41.3. The SMILES string of the molecule is CCC=CCC=CCC=CCC=CC=CCCCC(=O)OCC(C)(C)C(OC1OC1c1ccccc1OC(=O)c1ccccc1OC(=O)c1cccnc1)C(=O)NCCC(=O)NC(N)NC1NC1N(C)C. The second-order valence-electron chi connectivity index (χ2n) is 17.7. The number of para-hydroxylation sites is 2. The summed E-state index contributed by atoms with van der Waals surface area (Å²) in [6.45, 7) is 5.37. The maximum atomic E-state index is 14.0. The molecule has 17 nitrogen and oxygen atoms in total. The number of likely N-dealkylation sites (N-methyl/N-ethyl adjacent to an activating group) is 1. The van der Waals surface area contributed by atoms with Gasteiger partial charge >= 0.3 is 17.9 Å². The molecule has 2 aromatic carbocycles. The minimum atomic E-state index is -1.23. The van der Waals surface area contributed by atoms with Gasteiger partial charge in [-0.3, -0.25) is 40.6 Å². The number of benzene rings is 2. The first-order valence-electron chi connectivity index (χ1n) is 24.0. The predicted octanol–water partition coefficient (Wildman–Crippen LogP) is 6.68. The lowest BCUT2D eigenvalue weighted by molar-refractivity contribution is -0.161. The van der Waals surface area contributed by atoms with E-state index in [1.165, 1.54) is 24.5 Å². The van der Waals surface area contributed by atoms with Crippen molar-refractivity contribution in [3.63, 3.8) is 0 Å². The Morgan fingerprint density at radius 2 is 1.52 bits per heavy atom. The number of nitrogens with one attached hydrogen (secondary N) is 4. The Morgan fingerprint density at radius 3 is 2.23 bits per heavy atom. The van der Waals surface area contributed by atoms with Gasteiger partial charge in [0.25, 0.3) is 0 Å². The average Bonchev–Trinajstić information content (AvgIpc) is 4.30. The number of rotatable bonds is 30. The van der Waals surface area contributed by atoms with Gasteiger partial charge < -0.3 is 34.3 Å². The Labute approximate surface area is 416 Å². The molecule has 0 bridgehead atoms. The van der Waals surface area contributed by atoms with Crippen LogP contribution in [0.3, 0.4) is 0 Å². The van der Waals surface area contributed by atoms with Crippen LogP contribution in [0.15, 0.2) is 134 Å². The highest BCUT2D eigenvalue weighted by Gasteiger charge is 2.49. The number of ether oxygens (including phenoxy) is 5. The minimum absolute atomic E-state index is 0.000192. The fourth-order valence-electron chi connectivity index (χ4n) is 7.07. The number of carbonyl (C=O) groups excluding carboxylic acids is 5. The Bertz CT molecular complexity index is 2370. The number of nitrogens with two attached hydrogens (primary N) is 1. The quantitative estimate of drug-likeness (QED) is 0.00892. The van der Waals surface area contributed by atoms with E-state index in [-0.39, 0.29) is 61.0 Å². The number of allylic oxidation sites excluding steroid dienone is 10. The third kappa shape index (κ3) is 19.3. The topological polar surface area (TPSA) is 235 Å². The highest BCUT2D eigenvalue weighted by molar-refractivity contribution is 5.97. The lowest BCUT2D eigenvalue weighted by Gasteiger charge is -2.32. The number of epoxide rings is 1. The number of esters is 3. The molecule has 3 aromatic rings. The van der Waals surface area contributed by atoms with Gasteiger partial charge in [0.15, 0.2) is 6.29 Å². The lowest BCUT2D eigenvalue weighted by atomic mass is 9.86. The van der Waals surface area contributed by atoms with Gasteiger partial charge in [0.05, 0.1) is 24.5 Å². The standard InChI is InChI=1S/C54H69N7O10/c1-6-7-8-9-10-11-12-13-14-15-16-17-18-19-20-21-32-44(63)67-37-54(2,3)46(49(64)57-35-33-43(62)58-53(55)60-47-48(59-47)61(4)5)71-52-45(70-52)39-28-22-24-30-41(39)69-51(66)40-29-23-25-31-42(40)68-50(65)38-27-26-34-56-36-38/h7-8,10-11,13-14,16-19,22-31,34,36,45-48,52-53,59-60H,6,9,12,15,20-21,32-33,35,37,55H2,1-5H3,(H,57,64)(H,58,62). The summed E-state index contributed by atoms with van der Waals surface area (Å²) < 4.78 is 29.4. The smallest absolute Gasteiger partial charge is 0.347 e. The van der Waals surface area contributed by atoms with E-state index in [0.717, 1.165) is 25.7 Å². The van der Waals surface area contributed by atoms with E-state index in [9.17, 15) is 24.0 Å². The van der Waals surface area contributed by atoms with Crippen LogP contribution in [-0.4, -0.2) is 97.9 Å². The van der Waals surface area contributed by atoms with Crippen LogP contribution < -0.4 is 36.5 Å². The van der Waals surface area contributed by atoms with Crippen LogP contribution in [0.1, 0.15) is 105 Å². The van der Waals surface area contributed by atoms with Gasteiger partial charge in [-0.1, -0.05) is 112 Å². The Kier molecular flexibility index (Phi) is 22.5. The second kappa shape index (κ2) is 28.9. The van der Waals surface area contributed by atoms with Gasteiger partial charge in [0.1, 0.15) is 35.6 Å². The number of hydrogen-bond acceptors (Lipinski definition) is 15. The summed E-state index contributed by atoms with van der Waals surface area (Å²) in [4.78, 5) is 72.0. The van der Waals surface area contributed by atoms with Gasteiger partial charge in [-0.15, -0.1) is 0 Å². The van der Waals surface area contributed by atoms with Gasteiger partial charge in [0, 0.05) is 42.8 Å². The molecule has 0 spiro atoms. The number of carbonyl (C=O) groups is 5. The van der Waals surface area contributed by atoms with E-state index in [1.807, 2.05) is 37.2 Å². The van der Waals surface area contributed by atoms with Crippen LogP contribution in [0.4, 0.5) is 0 Å². The summed E-state index contributed by atoms with van der Waals surface area (Å²) in [6.07, 6.45) is 25.1. The minimum Gasteiger partial charge on any atom is -0.465 e. The summed E-state index contributed by atoms with van der Waals surface area (Å²) in [5.74, 6) is -2.74. The molecule has 5 rings (SSSR count). The van der Waals surface area contributed by atoms with Crippen molar-refractivity contribution in [3.8, 4) is 11.5 Å². The molecule has 2 fully saturated rings. The van der Waals surface area contributed by atoms with Crippen LogP contribution in [0.2, 0.25) is 0 Å². The summed E-state index contributed by atoms with van der Waals surface area (Å²) >= 11 is 0. The van der Waals surface area contributed by atoms with E-state index < -0.39 is 59.9 Å². The number of hydrogen-bond donors (Lipinski definition) is 5. The summed E-state index contributed by atoms with van der Waals surface area (Å²) in [5, 5.41) is 11.7. The fourth-order valence-corrected chi connectivity index (χ4v) is 7.07. The van der Waals surface area contributed by atoms with Gasteiger partial charge in [-0.2, -0.15) is 0 Å². The van der Waals surface area contributed by atoms with E-state index in [4.69, 9.17) is 29.4 Å². The van der Waals surface area contributed by atoms with Gasteiger partial charge in [0.2, 0.25) is 11.8 Å². The molecule has 17 heteroatoms. The predicted molar refractivity (Wildman–Crippen MR) is 269 cm³/mol.